The molecule has 9 rings (SSSR count). The third-order valence-electron chi connectivity index (χ3n) is 6.51. The van der Waals surface area contributed by atoms with Crippen LogP contribution in [-0.2, 0) is 0 Å². The Morgan fingerprint density at radius 1 is 0.386 bits per heavy atom. The van der Waals surface area contributed by atoms with Crippen LogP contribution in [-0.4, -0.2) is 15.0 Å². The summed E-state index contributed by atoms with van der Waals surface area (Å²) in [7, 11) is 0. The molecule has 206 valence electrons. The summed E-state index contributed by atoms with van der Waals surface area (Å²) >= 11 is 0. The molecule has 44 heavy (non-hydrogen) atoms. The highest BCUT2D eigenvalue weighted by Gasteiger charge is 2.18. The molecule has 5 heteroatoms. The van der Waals surface area contributed by atoms with E-state index in [1.807, 2.05) is 0 Å². The van der Waals surface area contributed by atoms with Crippen molar-refractivity contribution in [2.45, 2.75) is 0 Å². The van der Waals surface area contributed by atoms with Crippen molar-refractivity contribution in [3.8, 4) is 45.3 Å². The molecule has 3 heterocycles. The van der Waals surface area contributed by atoms with Gasteiger partial charge in [-0.05, 0) is 41.3 Å². The summed E-state index contributed by atoms with van der Waals surface area (Å²) < 4.78 is 211. The molecule has 0 amide bonds. The zero-order chi connectivity index (χ0) is 49.1. The lowest BCUT2D eigenvalue weighted by Gasteiger charge is -2.10. The van der Waals surface area contributed by atoms with E-state index in [0.29, 0.717) is 0 Å². The Morgan fingerprint density at radius 3 is 1.75 bits per heavy atom. The Morgan fingerprint density at radius 2 is 0.932 bits per heavy atom. The zero-order valence-electron chi connectivity index (χ0n) is 44.7. The van der Waals surface area contributed by atoms with E-state index in [1.165, 1.54) is 0 Å². The van der Waals surface area contributed by atoms with Crippen molar-refractivity contribution in [2.75, 3.05) is 0 Å². The van der Waals surface area contributed by atoms with Crippen LogP contribution in [0.1, 0.15) is 31.5 Å². The predicted molar refractivity (Wildman–Crippen MR) is 176 cm³/mol. The second-order valence-corrected chi connectivity index (χ2v) is 9.08. The molecule has 0 unspecified atom stereocenters. The maximum atomic E-state index is 9.31. The number of para-hydroxylation sites is 2. The monoisotopic (exact) mass is 588 g/mol. The summed E-state index contributed by atoms with van der Waals surface area (Å²) in [6, 6.07) is -18.5. The van der Waals surface area contributed by atoms with Crippen LogP contribution in [0.2, 0.25) is 0 Å². The topological polar surface area (TPSA) is 65.0 Å². The minimum Gasteiger partial charge on any atom is -0.456 e. The molecule has 5 nitrogen and oxygen atoms in total. The smallest absolute Gasteiger partial charge is 0.164 e. The lowest BCUT2D eigenvalue weighted by atomic mass is 10.0. The SMILES string of the molecule is [2H]c1c([2H])c([2H])c(-c2c([2H])c([2H])c(-c3nc(-c4c([2H])c([2H])c5c(oc6c([2H])c([2H])c([2H])c([2H])c65)c4[2H])nc(-c4c([2H])c([2H])c([2H])c5oc6c([2H])c([2H])c([2H])c([2H])c6c45)n3)c([2H])c2[2H])c([2H])c1[2H]. The van der Waals surface area contributed by atoms with E-state index in [4.69, 9.17) is 37.6 Å². The minimum absolute atomic E-state index is 0.324. The second-order valence-electron chi connectivity index (χ2n) is 9.08. The fourth-order valence-electron chi connectivity index (χ4n) is 4.57. The van der Waals surface area contributed by atoms with E-state index in [0.717, 1.165) is 0 Å². The van der Waals surface area contributed by atoms with Gasteiger partial charge < -0.3 is 8.83 Å². The van der Waals surface area contributed by atoms with Crippen molar-refractivity contribution < 1.29 is 40.4 Å². The first kappa shape index (κ1) is 10.9. The molecule has 9 aromatic rings. The Bertz CT molecular complexity index is 3750. The summed E-state index contributed by atoms with van der Waals surface area (Å²) in [6.45, 7) is 0. The number of rotatable bonds is 4. The van der Waals surface area contributed by atoms with Gasteiger partial charge in [-0.1, -0.05) is 109 Å². The normalized spacial score (nSPS) is 19.0. The van der Waals surface area contributed by atoms with E-state index in [1.54, 1.807) is 0 Å². The molecule has 0 N–H and O–H groups in total. The van der Waals surface area contributed by atoms with E-state index in [2.05, 4.69) is 15.0 Å². The Labute approximate surface area is 284 Å². The van der Waals surface area contributed by atoms with Crippen molar-refractivity contribution >= 4 is 43.9 Å². The first-order valence-electron chi connectivity index (χ1n) is 24.2. The molecule has 0 aliphatic carbocycles. The van der Waals surface area contributed by atoms with Crippen LogP contribution in [0.3, 0.4) is 0 Å². The number of benzene rings is 6. The molecule has 0 aliphatic rings. The van der Waals surface area contributed by atoms with Crippen LogP contribution in [0.15, 0.2) is 148 Å². The highest BCUT2D eigenvalue weighted by molar-refractivity contribution is 6.12. The van der Waals surface area contributed by atoms with E-state index in [9.17, 15) is 2.74 Å². The van der Waals surface area contributed by atoms with E-state index in [-0.39, 0.29) is 10.8 Å². The maximum absolute atomic E-state index is 9.31. The zero-order valence-corrected chi connectivity index (χ0v) is 21.7. The number of furan rings is 2. The lowest BCUT2D eigenvalue weighted by Crippen LogP contribution is -2.00. The van der Waals surface area contributed by atoms with Crippen LogP contribution >= 0.6 is 0 Å². The van der Waals surface area contributed by atoms with Gasteiger partial charge >= 0.3 is 0 Å². The van der Waals surface area contributed by atoms with Crippen LogP contribution in [0.5, 0.6) is 0 Å². The number of hydrogen-bond donors (Lipinski definition) is 0. The maximum Gasteiger partial charge on any atom is 0.164 e. The summed E-state index contributed by atoms with van der Waals surface area (Å²) in [5.74, 6) is -2.34. The molecule has 3 aromatic heterocycles. The molecule has 0 fully saturated rings. The van der Waals surface area contributed by atoms with Gasteiger partial charge in [-0.15, -0.1) is 0 Å². The van der Waals surface area contributed by atoms with Gasteiger partial charge in [0, 0.05) is 38.2 Å². The van der Waals surface area contributed by atoms with Gasteiger partial charge in [0.05, 0.1) is 31.5 Å². The quantitative estimate of drug-likeness (QED) is 0.205. The number of fused-ring (bicyclic) bond motifs is 6. The Balaban J connectivity index is 1.45. The number of aromatic nitrogens is 3. The van der Waals surface area contributed by atoms with Gasteiger partial charge in [0.2, 0.25) is 0 Å². The van der Waals surface area contributed by atoms with Crippen molar-refractivity contribution in [3.05, 3.63) is 139 Å². The number of hydrogen-bond acceptors (Lipinski definition) is 5. The van der Waals surface area contributed by atoms with Crippen LogP contribution in [0.4, 0.5) is 0 Å². The third kappa shape index (κ3) is 3.98. The Kier molecular flexibility index (Phi) is 2.41. The van der Waals surface area contributed by atoms with Crippen molar-refractivity contribution in [1.29, 1.82) is 0 Å². The summed E-state index contributed by atoms with van der Waals surface area (Å²) in [4.78, 5) is 13.2. The summed E-state index contributed by atoms with van der Waals surface area (Å²) in [6.07, 6.45) is 0. The van der Waals surface area contributed by atoms with Gasteiger partial charge in [-0.25, -0.2) is 15.0 Å². The molecule has 0 bridgehead atoms. The fraction of sp³-hybridized carbons (Fsp3) is 0. The van der Waals surface area contributed by atoms with Gasteiger partial charge in [-0.3, -0.25) is 0 Å². The van der Waals surface area contributed by atoms with Gasteiger partial charge in [0.1, 0.15) is 22.3 Å². The van der Waals surface area contributed by atoms with E-state index < -0.39 is 217 Å². The lowest BCUT2D eigenvalue weighted by molar-refractivity contribution is 0.668. The van der Waals surface area contributed by atoms with Gasteiger partial charge in [-0.2, -0.15) is 0 Å². The molecular formula is C39H23N3O2. The molecule has 0 radical (unpaired) electrons. The molecule has 0 saturated heterocycles. The average Bonchev–Trinajstić information content (AvgIpc) is 3.90. The van der Waals surface area contributed by atoms with Gasteiger partial charge in [0.25, 0.3) is 0 Å². The van der Waals surface area contributed by atoms with Crippen LogP contribution in [0, 0.1) is 0 Å². The number of nitrogens with zero attached hydrogens (tertiary/aromatic N) is 3. The first-order valence-corrected chi connectivity index (χ1v) is 12.7. The van der Waals surface area contributed by atoms with Crippen molar-refractivity contribution in [3.63, 3.8) is 0 Å². The van der Waals surface area contributed by atoms with Crippen LogP contribution < -0.4 is 0 Å². The predicted octanol–water partition coefficient (Wildman–Crippen LogP) is 10.3. The average molecular weight is 589 g/mol. The molecule has 0 atom stereocenters. The molecule has 6 aromatic carbocycles. The highest BCUT2D eigenvalue weighted by atomic mass is 16.3. The second kappa shape index (κ2) is 9.75. The molecule has 0 spiro atoms. The highest BCUT2D eigenvalue weighted by Crippen LogP contribution is 2.37. The van der Waals surface area contributed by atoms with Crippen molar-refractivity contribution in [2.24, 2.45) is 0 Å². The van der Waals surface area contributed by atoms with Gasteiger partial charge in [0.15, 0.2) is 17.5 Å². The largest absolute Gasteiger partial charge is 0.456 e. The summed E-state index contributed by atoms with van der Waals surface area (Å²) in [5, 5.41) is -1.48. The van der Waals surface area contributed by atoms with Crippen molar-refractivity contribution in [1.82, 2.24) is 15.0 Å². The third-order valence-corrected chi connectivity index (χ3v) is 6.51. The Hall–Kier alpha value is -6.07. The first-order chi connectivity index (χ1) is 31.4. The molecular weight excluding hydrogens is 542 g/mol. The molecule has 0 saturated carbocycles. The van der Waals surface area contributed by atoms with Crippen LogP contribution in [0.25, 0.3) is 89.2 Å². The van der Waals surface area contributed by atoms with E-state index >= 15 is 0 Å². The molecule has 0 aliphatic heterocycles. The fourth-order valence-corrected chi connectivity index (χ4v) is 4.57. The minimum atomic E-state index is -0.970. The standard InChI is InChI=1S/C39H23N3O2/c1-2-9-24(10-3-1)25-17-19-26(20-18-25)37-40-38(27-21-22-29-28-11-4-6-14-32(28)44-35(29)23-27)42-39(41-37)31-13-8-16-34-36(31)30-12-5-7-15-33(30)43-34/h1-23H/i1D,2D,3D,4D,5D,6D,7D,8D,9D,10D,11D,12D,13D,14D,15D,16D,17D,18D,19D,20D,21D,22D,23D. The summed E-state index contributed by atoms with van der Waals surface area (Å²) in [5.41, 5.74) is -5.44.